The molecular formula is C24H31IN6. The summed E-state index contributed by atoms with van der Waals surface area (Å²) in [7, 11) is 0. The molecule has 2 aromatic heterocycles. The molecule has 7 heteroatoms. The molecular weight excluding hydrogens is 499 g/mol. The summed E-state index contributed by atoms with van der Waals surface area (Å²) in [6, 6.07) is 15.0. The van der Waals surface area contributed by atoms with Gasteiger partial charge in [-0.3, -0.25) is 4.57 Å². The summed E-state index contributed by atoms with van der Waals surface area (Å²) >= 11 is 0. The number of guanidine groups is 1. The normalized spacial score (nSPS) is 15.3. The highest BCUT2D eigenvalue weighted by Crippen LogP contribution is 2.40. The maximum absolute atomic E-state index is 4.80. The van der Waals surface area contributed by atoms with Crippen molar-refractivity contribution in [1.82, 2.24) is 25.2 Å². The molecule has 0 atom stereocenters. The van der Waals surface area contributed by atoms with Crippen LogP contribution in [0.1, 0.15) is 43.7 Å². The Bertz CT molecular complexity index is 932. The minimum absolute atomic E-state index is 0. The van der Waals surface area contributed by atoms with E-state index in [1.165, 1.54) is 31.2 Å². The Kier molecular flexibility index (Phi) is 8.45. The van der Waals surface area contributed by atoms with Crippen LogP contribution in [0, 0.1) is 0 Å². The van der Waals surface area contributed by atoms with Crippen molar-refractivity contribution in [3.63, 3.8) is 0 Å². The quantitative estimate of drug-likeness (QED) is 0.269. The number of hydrogen-bond donors (Lipinski definition) is 2. The molecule has 1 aliphatic carbocycles. The molecule has 0 amide bonds. The molecule has 3 aromatic rings. The van der Waals surface area contributed by atoms with Crippen LogP contribution in [0.15, 0.2) is 72.4 Å². The van der Waals surface area contributed by atoms with Gasteiger partial charge in [0.1, 0.15) is 12.1 Å². The van der Waals surface area contributed by atoms with Gasteiger partial charge in [0.05, 0.1) is 6.54 Å². The fraction of sp³-hybridized carbons (Fsp3) is 0.375. The van der Waals surface area contributed by atoms with E-state index in [0.29, 0.717) is 6.54 Å². The molecule has 1 saturated carbocycles. The topological polar surface area (TPSA) is 67.1 Å². The van der Waals surface area contributed by atoms with E-state index in [2.05, 4.69) is 63.9 Å². The summed E-state index contributed by atoms with van der Waals surface area (Å²) in [6.07, 6.45) is 12.3. The molecule has 0 saturated heterocycles. The predicted molar refractivity (Wildman–Crippen MR) is 136 cm³/mol. The van der Waals surface area contributed by atoms with E-state index in [9.17, 15) is 0 Å². The van der Waals surface area contributed by atoms with Crippen molar-refractivity contribution < 1.29 is 0 Å². The maximum Gasteiger partial charge on any atom is 0.191 e. The number of hydrogen-bond acceptors (Lipinski definition) is 3. The van der Waals surface area contributed by atoms with Gasteiger partial charge in [-0.2, -0.15) is 0 Å². The first-order valence-corrected chi connectivity index (χ1v) is 10.8. The van der Waals surface area contributed by atoms with E-state index < -0.39 is 0 Å². The Morgan fingerprint density at radius 2 is 1.90 bits per heavy atom. The Morgan fingerprint density at radius 3 is 2.55 bits per heavy atom. The first kappa shape index (κ1) is 23.2. The monoisotopic (exact) mass is 530 g/mol. The van der Waals surface area contributed by atoms with Crippen molar-refractivity contribution in [3.8, 4) is 5.82 Å². The van der Waals surface area contributed by atoms with Crippen molar-refractivity contribution in [2.75, 3.05) is 13.1 Å². The fourth-order valence-electron chi connectivity index (χ4n) is 4.23. The van der Waals surface area contributed by atoms with Gasteiger partial charge in [0.2, 0.25) is 0 Å². The Labute approximate surface area is 201 Å². The minimum atomic E-state index is 0. The second kappa shape index (κ2) is 11.3. The minimum Gasteiger partial charge on any atom is -0.357 e. The number of imidazole rings is 1. The van der Waals surface area contributed by atoms with Crippen LogP contribution in [0.25, 0.3) is 5.82 Å². The zero-order chi connectivity index (χ0) is 20.7. The number of aromatic nitrogens is 3. The van der Waals surface area contributed by atoms with Gasteiger partial charge in [0, 0.05) is 37.1 Å². The van der Waals surface area contributed by atoms with Crippen LogP contribution in [0.5, 0.6) is 0 Å². The van der Waals surface area contributed by atoms with Gasteiger partial charge in [-0.25, -0.2) is 15.0 Å². The van der Waals surface area contributed by atoms with Crippen molar-refractivity contribution in [2.45, 2.75) is 44.6 Å². The fourth-order valence-corrected chi connectivity index (χ4v) is 4.23. The van der Waals surface area contributed by atoms with E-state index in [1.807, 2.05) is 23.0 Å². The van der Waals surface area contributed by atoms with Gasteiger partial charge in [0.25, 0.3) is 0 Å². The summed E-state index contributed by atoms with van der Waals surface area (Å²) in [4.78, 5) is 13.4. The smallest absolute Gasteiger partial charge is 0.191 e. The maximum atomic E-state index is 4.80. The lowest BCUT2D eigenvalue weighted by Gasteiger charge is -2.30. The van der Waals surface area contributed by atoms with Crippen LogP contribution in [-0.4, -0.2) is 33.6 Å². The van der Waals surface area contributed by atoms with Crippen molar-refractivity contribution >= 4 is 29.9 Å². The molecule has 1 aliphatic rings. The summed E-state index contributed by atoms with van der Waals surface area (Å²) in [5.41, 5.74) is 2.71. The van der Waals surface area contributed by atoms with E-state index in [0.717, 1.165) is 30.4 Å². The second-order valence-corrected chi connectivity index (χ2v) is 7.90. The molecule has 4 rings (SSSR count). The lowest BCUT2D eigenvalue weighted by Crippen LogP contribution is -2.44. The molecule has 1 aromatic carbocycles. The van der Waals surface area contributed by atoms with Gasteiger partial charge in [-0.05, 0) is 37.0 Å². The second-order valence-electron chi connectivity index (χ2n) is 7.90. The highest BCUT2D eigenvalue weighted by atomic mass is 127. The first-order valence-electron chi connectivity index (χ1n) is 10.8. The van der Waals surface area contributed by atoms with Gasteiger partial charge in [-0.1, -0.05) is 49.2 Å². The third-order valence-electron chi connectivity index (χ3n) is 5.88. The number of nitrogens with one attached hydrogen (secondary N) is 2. The lowest BCUT2D eigenvalue weighted by atomic mass is 9.79. The molecule has 0 aliphatic heterocycles. The van der Waals surface area contributed by atoms with Crippen molar-refractivity contribution in [1.29, 1.82) is 0 Å². The molecule has 31 heavy (non-hydrogen) atoms. The molecule has 2 heterocycles. The number of pyridine rings is 1. The highest BCUT2D eigenvalue weighted by Gasteiger charge is 2.35. The third-order valence-corrected chi connectivity index (χ3v) is 5.88. The molecule has 0 radical (unpaired) electrons. The Morgan fingerprint density at radius 1 is 1.10 bits per heavy atom. The van der Waals surface area contributed by atoms with E-state index in [-0.39, 0.29) is 29.4 Å². The number of nitrogens with zero attached hydrogens (tertiary/aromatic N) is 4. The van der Waals surface area contributed by atoms with Gasteiger partial charge >= 0.3 is 0 Å². The lowest BCUT2D eigenvalue weighted by molar-refractivity contribution is 0.431. The van der Waals surface area contributed by atoms with Gasteiger partial charge in [-0.15, -0.1) is 24.0 Å². The van der Waals surface area contributed by atoms with Crippen LogP contribution < -0.4 is 10.6 Å². The highest BCUT2D eigenvalue weighted by molar-refractivity contribution is 14.0. The summed E-state index contributed by atoms with van der Waals surface area (Å²) in [5, 5.41) is 7.00. The Hall–Kier alpha value is -2.42. The molecule has 0 bridgehead atoms. The number of rotatable bonds is 7. The van der Waals surface area contributed by atoms with Crippen molar-refractivity contribution in [2.24, 2.45) is 4.99 Å². The number of benzene rings is 1. The van der Waals surface area contributed by atoms with Crippen LogP contribution in [0.2, 0.25) is 0 Å². The molecule has 2 N–H and O–H groups in total. The zero-order valence-electron chi connectivity index (χ0n) is 18.0. The van der Waals surface area contributed by atoms with Gasteiger partial charge < -0.3 is 10.6 Å². The number of halogens is 1. The average molecular weight is 530 g/mol. The average Bonchev–Trinajstić information content (AvgIpc) is 3.50. The first-order chi connectivity index (χ1) is 14.8. The van der Waals surface area contributed by atoms with Crippen LogP contribution in [0.4, 0.5) is 0 Å². The van der Waals surface area contributed by atoms with Crippen LogP contribution in [0.3, 0.4) is 0 Å². The van der Waals surface area contributed by atoms with Crippen LogP contribution >= 0.6 is 24.0 Å². The standard InChI is InChI=1S/C24H30N6.HI/c1-2-26-23(28-17-20-10-11-22(27-16-20)30-15-14-25-19-30)29-18-24(12-6-7-13-24)21-8-4-3-5-9-21;/h3-5,8-11,14-16,19H,2,6-7,12-13,17-18H2,1H3,(H2,26,28,29);1H. The predicted octanol–water partition coefficient (Wildman–Crippen LogP) is 4.45. The molecule has 1 fully saturated rings. The van der Waals surface area contributed by atoms with Crippen LogP contribution in [-0.2, 0) is 12.0 Å². The SMILES string of the molecule is CCNC(=NCc1ccc(-n2ccnc2)nc1)NCC1(c2ccccc2)CCCC1.I. The summed E-state index contributed by atoms with van der Waals surface area (Å²) in [6.45, 7) is 4.43. The summed E-state index contributed by atoms with van der Waals surface area (Å²) in [5.74, 6) is 1.72. The largest absolute Gasteiger partial charge is 0.357 e. The molecule has 6 nitrogen and oxygen atoms in total. The van der Waals surface area contributed by atoms with E-state index in [4.69, 9.17) is 4.99 Å². The van der Waals surface area contributed by atoms with Gasteiger partial charge in [0.15, 0.2) is 5.96 Å². The molecule has 164 valence electrons. The van der Waals surface area contributed by atoms with E-state index >= 15 is 0 Å². The summed E-state index contributed by atoms with van der Waals surface area (Å²) < 4.78 is 1.89. The Balaban J connectivity index is 0.00000272. The molecule has 0 spiro atoms. The third kappa shape index (κ3) is 5.84. The number of aliphatic imine (C=N–C) groups is 1. The van der Waals surface area contributed by atoms with E-state index in [1.54, 1.807) is 12.5 Å². The van der Waals surface area contributed by atoms with Crippen molar-refractivity contribution in [3.05, 3.63) is 78.5 Å². The molecule has 0 unspecified atom stereocenters. The zero-order valence-corrected chi connectivity index (χ0v) is 20.3.